The van der Waals surface area contributed by atoms with Crippen molar-refractivity contribution in [3.8, 4) is 0 Å². The van der Waals surface area contributed by atoms with E-state index in [2.05, 4.69) is 5.32 Å². The van der Waals surface area contributed by atoms with E-state index in [1.807, 2.05) is 54.6 Å². The summed E-state index contributed by atoms with van der Waals surface area (Å²) in [6.07, 6.45) is 0. The van der Waals surface area contributed by atoms with Gasteiger partial charge in [-0.15, -0.1) is 0 Å². The van der Waals surface area contributed by atoms with E-state index in [4.69, 9.17) is 11.6 Å². The molecule has 2 nitrogen and oxygen atoms in total. The normalized spacial score (nSPS) is 13.4. The average molecular weight is 356 g/mol. The van der Waals surface area contributed by atoms with Crippen molar-refractivity contribution in [2.24, 2.45) is 0 Å². The highest BCUT2D eigenvalue weighted by Crippen LogP contribution is 2.29. The Bertz CT molecular complexity index is 823. The van der Waals surface area contributed by atoms with Gasteiger partial charge >= 0.3 is 0 Å². The number of rotatable bonds is 6. The van der Waals surface area contributed by atoms with Gasteiger partial charge in [0.1, 0.15) is 11.4 Å². The van der Waals surface area contributed by atoms with Crippen LogP contribution in [0.15, 0.2) is 78.9 Å². The highest BCUT2D eigenvalue weighted by atomic mass is 35.5. The molecule has 0 unspecified atom stereocenters. The summed E-state index contributed by atoms with van der Waals surface area (Å²) in [4.78, 5) is 0. The molecule has 0 radical (unpaired) electrons. The minimum Gasteiger partial charge on any atom is -0.379 e. The van der Waals surface area contributed by atoms with Gasteiger partial charge in [0, 0.05) is 18.1 Å². The van der Waals surface area contributed by atoms with E-state index in [9.17, 15) is 9.50 Å². The van der Waals surface area contributed by atoms with Crippen molar-refractivity contribution in [2.45, 2.75) is 12.1 Å². The van der Waals surface area contributed by atoms with Gasteiger partial charge < -0.3 is 10.4 Å². The molecule has 0 saturated heterocycles. The van der Waals surface area contributed by atoms with Gasteiger partial charge in [-0.1, -0.05) is 66.2 Å². The van der Waals surface area contributed by atoms with E-state index < -0.39 is 5.60 Å². The molecule has 0 heterocycles. The van der Waals surface area contributed by atoms with Crippen molar-refractivity contribution in [3.63, 3.8) is 0 Å². The van der Waals surface area contributed by atoms with E-state index in [1.165, 1.54) is 12.1 Å². The molecular formula is C21H19ClFNO. The zero-order chi connectivity index (χ0) is 17.7. The first-order valence-corrected chi connectivity index (χ1v) is 8.45. The molecule has 25 heavy (non-hydrogen) atoms. The molecule has 2 N–H and O–H groups in total. The maximum atomic E-state index is 13.3. The monoisotopic (exact) mass is 355 g/mol. The van der Waals surface area contributed by atoms with Crippen molar-refractivity contribution in [1.29, 1.82) is 0 Å². The molecule has 0 saturated carbocycles. The largest absolute Gasteiger partial charge is 0.379 e. The molecule has 1 atom stereocenters. The molecule has 0 amide bonds. The molecule has 3 aromatic rings. The molecule has 0 fully saturated rings. The zero-order valence-corrected chi connectivity index (χ0v) is 14.4. The minimum atomic E-state index is -1.26. The van der Waals surface area contributed by atoms with Gasteiger partial charge in [0.15, 0.2) is 0 Å². The van der Waals surface area contributed by atoms with Crippen LogP contribution in [0.4, 0.5) is 4.39 Å². The summed E-state index contributed by atoms with van der Waals surface area (Å²) < 4.78 is 13.3. The Kier molecular flexibility index (Phi) is 5.49. The molecule has 0 bridgehead atoms. The van der Waals surface area contributed by atoms with Crippen LogP contribution in [0.25, 0.3) is 0 Å². The Morgan fingerprint density at radius 1 is 0.880 bits per heavy atom. The predicted molar refractivity (Wildman–Crippen MR) is 99.0 cm³/mol. The van der Waals surface area contributed by atoms with Crippen LogP contribution in [0, 0.1) is 5.82 Å². The molecule has 0 spiro atoms. The van der Waals surface area contributed by atoms with Crippen molar-refractivity contribution < 1.29 is 9.50 Å². The molecule has 3 rings (SSSR count). The first-order chi connectivity index (χ1) is 12.1. The molecule has 0 aliphatic rings. The highest BCUT2D eigenvalue weighted by Gasteiger charge is 2.31. The molecule has 128 valence electrons. The topological polar surface area (TPSA) is 32.3 Å². The van der Waals surface area contributed by atoms with Gasteiger partial charge in [0.05, 0.1) is 0 Å². The molecular weight excluding hydrogens is 337 g/mol. The van der Waals surface area contributed by atoms with Crippen LogP contribution in [0.5, 0.6) is 0 Å². The van der Waals surface area contributed by atoms with Gasteiger partial charge in [-0.2, -0.15) is 0 Å². The zero-order valence-electron chi connectivity index (χ0n) is 13.6. The van der Waals surface area contributed by atoms with E-state index in [0.29, 0.717) is 17.1 Å². The van der Waals surface area contributed by atoms with Crippen LogP contribution < -0.4 is 5.32 Å². The smallest absolute Gasteiger partial charge is 0.127 e. The average Bonchev–Trinajstić information content (AvgIpc) is 2.63. The molecule has 0 aromatic heterocycles. The Morgan fingerprint density at radius 3 is 2.24 bits per heavy atom. The van der Waals surface area contributed by atoms with Crippen LogP contribution >= 0.6 is 11.6 Å². The summed E-state index contributed by atoms with van der Waals surface area (Å²) in [5.41, 5.74) is 1.16. The van der Waals surface area contributed by atoms with Crippen LogP contribution in [-0.4, -0.2) is 11.7 Å². The first kappa shape index (κ1) is 17.6. The fraction of sp³-hybridized carbons (Fsp3) is 0.143. The third kappa shape index (κ3) is 4.26. The quantitative estimate of drug-likeness (QED) is 0.682. The highest BCUT2D eigenvalue weighted by molar-refractivity contribution is 6.30. The number of benzene rings is 3. The predicted octanol–water partition coefficient (Wildman–Crippen LogP) is 4.50. The fourth-order valence-electron chi connectivity index (χ4n) is 2.84. The van der Waals surface area contributed by atoms with Crippen molar-refractivity contribution in [1.82, 2.24) is 5.32 Å². The van der Waals surface area contributed by atoms with Crippen molar-refractivity contribution >= 4 is 11.6 Å². The number of halogens is 2. The Balaban J connectivity index is 1.83. The van der Waals surface area contributed by atoms with Crippen LogP contribution in [0.3, 0.4) is 0 Å². The molecule has 4 heteroatoms. The lowest BCUT2D eigenvalue weighted by Gasteiger charge is -2.30. The van der Waals surface area contributed by atoms with Crippen LogP contribution in [0.2, 0.25) is 5.02 Å². The lowest BCUT2D eigenvalue weighted by molar-refractivity contribution is 0.0795. The van der Waals surface area contributed by atoms with Crippen LogP contribution in [-0.2, 0) is 12.1 Å². The fourth-order valence-corrected chi connectivity index (χ4v) is 3.06. The standard InChI is InChI=1S/C21H19ClFNO/c22-19-8-4-5-16(13-19)14-24-15-21(25,17-6-2-1-3-7-17)18-9-11-20(23)12-10-18/h1-13,24-25H,14-15H2/t21-/m0/s1. The van der Waals surface area contributed by atoms with E-state index in [1.54, 1.807) is 12.1 Å². The van der Waals surface area contributed by atoms with Crippen LogP contribution in [0.1, 0.15) is 16.7 Å². The second-order valence-electron chi connectivity index (χ2n) is 5.97. The van der Waals surface area contributed by atoms with E-state index >= 15 is 0 Å². The first-order valence-electron chi connectivity index (χ1n) is 8.07. The summed E-state index contributed by atoms with van der Waals surface area (Å²) in [5.74, 6) is -0.328. The number of hydrogen-bond donors (Lipinski definition) is 2. The second kappa shape index (κ2) is 7.79. The second-order valence-corrected chi connectivity index (χ2v) is 6.40. The molecule has 0 aliphatic heterocycles. The summed E-state index contributed by atoms with van der Waals surface area (Å²) in [6, 6.07) is 22.9. The Labute approximate surface area is 151 Å². The van der Waals surface area contributed by atoms with Crippen molar-refractivity contribution in [3.05, 3.63) is 106 Å². The third-order valence-electron chi connectivity index (χ3n) is 4.17. The van der Waals surface area contributed by atoms with Gasteiger partial charge in [0.25, 0.3) is 0 Å². The number of hydrogen-bond acceptors (Lipinski definition) is 2. The summed E-state index contributed by atoms with van der Waals surface area (Å²) >= 11 is 6.01. The van der Waals surface area contributed by atoms with Gasteiger partial charge in [-0.3, -0.25) is 0 Å². The maximum absolute atomic E-state index is 13.3. The number of aliphatic hydroxyl groups is 1. The van der Waals surface area contributed by atoms with Gasteiger partial charge in [-0.05, 0) is 41.0 Å². The molecule has 3 aromatic carbocycles. The van der Waals surface area contributed by atoms with Crippen molar-refractivity contribution in [2.75, 3.05) is 6.54 Å². The third-order valence-corrected chi connectivity index (χ3v) is 4.41. The lowest BCUT2D eigenvalue weighted by atomic mass is 9.86. The lowest BCUT2D eigenvalue weighted by Crippen LogP contribution is -2.39. The Hall–Kier alpha value is -2.20. The summed E-state index contributed by atoms with van der Waals surface area (Å²) in [6.45, 7) is 0.853. The van der Waals surface area contributed by atoms with E-state index in [-0.39, 0.29) is 12.4 Å². The summed E-state index contributed by atoms with van der Waals surface area (Å²) in [7, 11) is 0. The Morgan fingerprint density at radius 2 is 1.56 bits per heavy atom. The minimum absolute atomic E-state index is 0.287. The summed E-state index contributed by atoms with van der Waals surface area (Å²) in [5, 5.41) is 15.3. The number of nitrogens with one attached hydrogen (secondary N) is 1. The SMILES string of the molecule is O[C@@](CNCc1cccc(Cl)c1)(c1ccccc1)c1ccc(F)cc1. The maximum Gasteiger partial charge on any atom is 0.127 e. The van der Waals surface area contributed by atoms with E-state index in [0.717, 1.165) is 11.1 Å². The van der Waals surface area contributed by atoms with Gasteiger partial charge in [-0.25, -0.2) is 4.39 Å². The van der Waals surface area contributed by atoms with Gasteiger partial charge in [0.2, 0.25) is 0 Å². The molecule has 0 aliphatic carbocycles.